The normalized spacial score (nSPS) is 25.7. The Morgan fingerprint density at radius 2 is 2.24 bits per heavy atom. The lowest BCUT2D eigenvalue weighted by Crippen LogP contribution is -2.47. The van der Waals surface area contributed by atoms with E-state index in [0.717, 1.165) is 50.3 Å². The molecule has 5 nitrogen and oxygen atoms in total. The van der Waals surface area contributed by atoms with Crippen LogP contribution in [0.3, 0.4) is 0 Å². The molecule has 1 aromatic heterocycles. The second-order valence-electron chi connectivity index (χ2n) is 6.10. The van der Waals surface area contributed by atoms with E-state index in [4.69, 9.17) is 0 Å². The molecule has 21 heavy (non-hydrogen) atoms. The Labute approximate surface area is 126 Å². The number of nitrogens with one attached hydrogen (secondary N) is 1. The van der Waals surface area contributed by atoms with E-state index in [1.54, 1.807) is 0 Å². The number of nitrogens with zero attached hydrogens (tertiary/aromatic N) is 3. The lowest BCUT2D eigenvalue weighted by Gasteiger charge is -2.29. The third kappa shape index (κ3) is 2.71. The van der Waals surface area contributed by atoms with E-state index in [2.05, 4.69) is 22.2 Å². The Morgan fingerprint density at radius 3 is 2.90 bits per heavy atom. The van der Waals surface area contributed by atoms with Crippen molar-refractivity contribution in [3.63, 3.8) is 0 Å². The van der Waals surface area contributed by atoms with Gasteiger partial charge in [-0.25, -0.2) is 0 Å². The predicted octanol–water partition coefficient (Wildman–Crippen LogP) is 1.82. The third-order valence-corrected chi connectivity index (χ3v) is 4.83. The fourth-order valence-corrected chi connectivity index (χ4v) is 3.71. The van der Waals surface area contributed by atoms with Gasteiger partial charge in [0.05, 0.1) is 5.69 Å². The molecule has 0 bridgehead atoms. The molecule has 2 atom stereocenters. The maximum Gasteiger partial charge on any atom is 0.272 e. The average Bonchev–Trinajstić information content (AvgIpc) is 3.23. The van der Waals surface area contributed by atoms with Crippen molar-refractivity contribution >= 4 is 5.91 Å². The highest BCUT2D eigenvalue weighted by molar-refractivity contribution is 5.93. The highest BCUT2D eigenvalue weighted by atomic mass is 16.2. The Balaban J connectivity index is 1.81. The van der Waals surface area contributed by atoms with Crippen LogP contribution in [-0.2, 0) is 13.0 Å². The van der Waals surface area contributed by atoms with Gasteiger partial charge in [-0.2, -0.15) is 5.10 Å². The summed E-state index contributed by atoms with van der Waals surface area (Å²) < 4.78 is 1.86. The quantitative estimate of drug-likeness (QED) is 0.920. The van der Waals surface area contributed by atoms with Crippen LogP contribution in [0.15, 0.2) is 6.07 Å². The molecule has 0 aromatic carbocycles. The molecule has 2 aliphatic rings. The first-order chi connectivity index (χ1) is 10.2. The summed E-state index contributed by atoms with van der Waals surface area (Å²) >= 11 is 0. The number of rotatable bonds is 4. The lowest BCUT2D eigenvalue weighted by atomic mass is 10.0. The van der Waals surface area contributed by atoms with Gasteiger partial charge in [0, 0.05) is 25.2 Å². The molecule has 5 heteroatoms. The molecule has 3 rings (SSSR count). The summed E-state index contributed by atoms with van der Waals surface area (Å²) in [4.78, 5) is 15.0. The monoisotopic (exact) mass is 290 g/mol. The van der Waals surface area contributed by atoms with Crippen LogP contribution in [0.5, 0.6) is 0 Å². The lowest BCUT2D eigenvalue weighted by molar-refractivity contribution is 0.0698. The van der Waals surface area contributed by atoms with Crippen molar-refractivity contribution in [3.8, 4) is 0 Å². The number of hydrogen-bond acceptors (Lipinski definition) is 3. The van der Waals surface area contributed by atoms with E-state index >= 15 is 0 Å². The van der Waals surface area contributed by atoms with Crippen LogP contribution in [0.2, 0.25) is 0 Å². The molecular formula is C16H26N4O. The molecule has 0 radical (unpaired) electrons. The van der Waals surface area contributed by atoms with Crippen molar-refractivity contribution in [1.82, 2.24) is 20.0 Å². The SMILES string of the molecule is CCc1cc(C(=O)N2CCCC2C2CCCN2)n(CC)n1. The summed E-state index contributed by atoms with van der Waals surface area (Å²) in [6.07, 6.45) is 5.55. The largest absolute Gasteiger partial charge is 0.333 e. The number of likely N-dealkylation sites (tertiary alicyclic amines) is 1. The van der Waals surface area contributed by atoms with Crippen molar-refractivity contribution in [3.05, 3.63) is 17.5 Å². The van der Waals surface area contributed by atoms with Crippen molar-refractivity contribution in [2.75, 3.05) is 13.1 Å². The van der Waals surface area contributed by atoms with Crippen molar-refractivity contribution in [2.45, 2.75) is 64.6 Å². The minimum Gasteiger partial charge on any atom is -0.333 e. The van der Waals surface area contributed by atoms with E-state index < -0.39 is 0 Å². The van der Waals surface area contributed by atoms with Gasteiger partial charge in [0.25, 0.3) is 5.91 Å². The van der Waals surface area contributed by atoms with Gasteiger partial charge in [-0.3, -0.25) is 9.48 Å². The maximum absolute atomic E-state index is 13.0. The summed E-state index contributed by atoms with van der Waals surface area (Å²) in [7, 11) is 0. The van der Waals surface area contributed by atoms with Crippen LogP contribution in [0.25, 0.3) is 0 Å². The van der Waals surface area contributed by atoms with E-state index in [9.17, 15) is 4.79 Å². The van der Waals surface area contributed by atoms with Gasteiger partial charge in [0.2, 0.25) is 0 Å². The molecule has 1 N–H and O–H groups in total. The average molecular weight is 290 g/mol. The van der Waals surface area contributed by atoms with Crippen LogP contribution in [-0.4, -0.2) is 45.8 Å². The summed E-state index contributed by atoms with van der Waals surface area (Å²) in [5.74, 6) is 0.167. The van der Waals surface area contributed by atoms with Gasteiger partial charge < -0.3 is 10.2 Å². The minimum atomic E-state index is 0.167. The van der Waals surface area contributed by atoms with Crippen LogP contribution in [0.1, 0.15) is 55.7 Å². The number of carbonyl (C=O) groups is 1. The molecule has 0 saturated carbocycles. The Morgan fingerprint density at radius 1 is 1.38 bits per heavy atom. The Kier molecular flexibility index (Phi) is 4.29. The fraction of sp³-hybridized carbons (Fsp3) is 0.750. The molecule has 116 valence electrons. The van der Waals surface area contributed by atoms with Crippen molar-refractivity contribution < 1.29 is 4.79 Å². The van der Waals surface area contributed by atoms with Crippen LogP contribution in [0.4, 0.5) is 0 Å². The molecule has 1 aromatic rings. The fourth-order valence-electron chi connectivity index (χ4n) is 3.71. The summed E-state index contributed by atoms with van der Waals surface area (Å²) in [5, 5.41) is 8.08. The number of hydrogen-bond donors (Lipinski definition) is 1. The Bertz CT molecular complexity index is 504. The first-order valence-electron chi connectivity index (χ1n) is 8.35. The molecule has 1 amide bonds. The number of amides is 1. The smallest absolute Gasteiger partial charge is 0.272 e. The van der Waals surface area contributed by atoms with E-state index in [1.165, 1.54) is 12.8 Å². The molecule has 0 aliphatic carbocycles. The van der Waals surface area contributed by atoms with Gasteiger partial charge >= 0.3 is 0 Å². The van der Waals surface area contributed by atoms with Gasteiger partial charge in [-0.15, -0.1) is 0 Å². The molecular weight excluding hydrogens is 264 g/mol. The zero-order chi connectivity index (χ0) is 14.8. The number of carbonyl (C=O) groups excluding carboxylic acids is 1. The summed E-state index contributed by atoms with van der Waals surface area (Å²) in [5.41, 5.74) is 1.77. The van der Waals surface area contributed by atoms with Gasteiger partial charge in [0.15, 0.2) is 0 Å². The van der Waals surface area contributed by atoms with Crippen LogP contribution < -0.4 is 5.32 Å². The highest BCUT2D eigenvalue weighted by Crippen LogP contribution is 2.26. The minimum absolute atomic E-state index is 0.167. The van der Waals surface area contributed by atoms with Crippen LogP contribution in [0, 0.1) is 0 Å². The topological polar surface area (TPSA) is 50.2 Å². The summed E-state index contributed by atoms with van der Waals surface area (Å²) in [6.45, 7) is 6.86. The number of aromatic nitrogens is 2. The first-order valence-corrected chi connectivity index (χ1v) is 8.35. The van der Waals surface area contributed by atoms with Crippen molar-refractivity contribution in [2.24, 2.45) is 0 Å². The van der Waals surface area contributed by atoms with Crippen molar-refractivity contribution in [1.29, 1.82) is 0 Å². The van der Waals surface area contributed by atoms with Crippen LogP contribution >= 0.6 is 0 Å². The van der Waals surface area contributed by atoms with Gasteiger partial charge in [-0.1, -0.05) is 6.92 Å². The molecule has 3 heterocycles. The second kappa shape index (κ2) is 6.18. The molecule has 2 aliphatic heterocycles. The summed E-state index contributed by atoms with van der Waals surface area (Å²) in [6, 6.07) is 2.83. The zero-order valence-corrected chi connectivity index (χ0v) is 13.1. The molecule has 2 fully saturated rings. The molecule has 2 unspecified atom stereocenters. The van der Waals surface area contributed by atoms with E-state index in [1.807, 2.05) is 17.7 Å². The molecule has 2 saturated heterocycles. The second-order valence-corrected chi connectivity index (χ2v) is 6.10. The standard InChI is InChI=1S/C16H26N4O/c1-3-12-11-15(20(4-2)18-12)16(21)19-10-6-8-14(19)13-7-5-9-17-13/h11,13-14,17H,3-10H2,1-2H3. The third-order valence-electron chi connectivity index (χ3n) is 4.83. The molecule has 0 spiro atoms. The predicted molar refractivity (Wildman–Crippen MR) is 82.4 cm³/mol. The Hall–Kier alpha value is -1.36. The maximum atomic E-state index is 13.0. The van der Waals surface area contributed by atoms with E-state index in [-0.39, 0.29) is 5.91 Å². The van der Waals surface area contributed by atoms with E-state index in [0.29, 0.717) is 12.1 Å². The number of aryl methyl sites for hydroxylation is 2. The highest BCUT2D eigenvalue weighted by Gasteiger charge is 2.37. The van der Waals surface area contributed by atoms with Gasteiger partial charge in [0.1, 0.15) is 5.69 Å². The zero-order valence-electron chi connectivity index (χ0n) is 13.1. The first kappa shape index (κ1) is 14.6. The van der Waals surface area contributed by atoms with Gasteiger partial charge in [-0.05, 0) is 51.6 Å².